The minimum absolute atomic E-state index is 0.0714. The van der Waals surface area contributed by atoms with Crippen LogP contribution in [0.15, 0.2) is 42.7 Å². The van der Waals surface area contributed by atoms with Crippen LogP contribution >= 0.6 is 11.6 Å². The summed E-state index contributed by atoms with van der Waals surface area (Å²) in [7, 11) is 1.60. The molecule has 2 aromatic rings. The molecule has 0 saturated heterocycles. The minimum Gasteiger partial charge on any atom is -0.496 e. The van der Waals surface area contributed by atoms with Crippen molar-refractivity contribution in [3.05, 3.63) is 58.9 Å². The predicted octanol–water partition coefficient (Wildman–Crippen LogP) is 3.38. The Hall–Kier alpha value is -2.07. The van der Waals surface area contributed by atoms with E-state index in [0.29, 0.717) is 23.9 Å². The number of ether oxygens (including phenoxy) is 1. The summed E-state index contributed by atoms with van der Waals surface area (Å²) in [6, 6.07) is 9.28. The average Bonchev–Trinajstić information content (AvgIpc) is 2.56. The summed E-state index contributed by atoms with van der Waals surface area (Å²) in [6.45, 7) is 3.34. The molecule has 5 heteroatoms. The molecule has 0 radical (unpaired) electrons. The van der Waals surface area contributed by atoms with Gasteiger partial charge in [-0.1, -0.05) is 11.6 Å². The maximum atomic E-state index is 12.6. The fourth-order valence-electron chi connectivity index (χ4n) is 2.43. The second kappa shape index (κ2) is 8.53. The predicted molar refractivity (Wildman–Crippen MR) is 91.9 cm³/mol. The molecule has 1 aromatic carbocycles. The molecule has 2 rings (SSSR count). The van der Waals surface area contributed by atoms with Gasteiger partial charge in [0.15, 0.2) is 0 Å². The molecular weight excluding hydrogens is 312 g/mol. The fraction of sp³-hybridized carbons (Fsp3) is 0.333. The third-order valence-corrected chi connectivity index (χ3v) is 3.97. The van der Waals surface area contributed by atoms with Crippen LogP contribution in [0.2, 0.25) is 5.02 Å². The third kappa shape index (κ3) is 4.96. The molecule has 0 unspecified atom stereocenters. The molecule has 0 bridgehead atoms. The summed E-state index contributed by atoms with van der Waals surface area (Å²) in [5, 5.41) is 0.605. The molecule has 0 fully saturated rings. The SMILES string of the molecule is CCN(CCc1ccncc1)C(=O)Cc1cc(Cl)ccc1OC. The van der Waals surface area contributed by atoms with Gasteiger partial charge in [0.25, 0.3) is 0 Å². The molecule has 23 heavy (non-hydrogen) atoms. The van der Waals surface area contributed by atoms with Crippen molar-refractivity contribution in [3.8, 4) is 5.75 Å². The standard InChI is InChI=1S/C18H21ClN2O2/c1-3-21(11-8-14-6-9-20-10-7-14)18(22)13-15-12-16(19)4-5-17(15)23-2/h4-7,9-10,12H,3,8,11,13H2,1-2H3. The molecule has 0 N–H and O–H groups in total. The van der Waals surface area contributed by atoms with Crippen LogP contribution in [0.4, 0.5) is 0 Å². The highest BCUT2D eigenvalue weighted by Gasteiger charge is 2.15. The number of hydrogen-bond donors (Lipinski definition) is 0. The smallest absolute Gasteiger partial charge is 0.227 e. The van der Waals surface area contributed by atoms with E-state index in [1.54, 1.807) is 37.7 Å². The second-order valence-corrected chi connectivity index (χ2v) is 5.65. The number of aromatic nitrogens is 1. The van der Waals surface area contributed by atoms with Crippen molar-refractivity contribution in [1.82, 2.24) is 9.88 Å². The van der Waals surface area contributed by atoms with Gasteiger partial charge in [0, 0.05) is 36.1 Å². The Kier molecular flexibility index (Phi) is 6.41. The molecule has 0 spiro atoms. The molecule has 122 valence electrons. The lowest BCUT2D eigenvalue weighted by atomic mass is 10.1. The zero-order chi connectivity index (χ0) is 16.7. The number of rotatable bonds is 7. The van der Waals surface area contributed by atoms with Crippen molar-refractivity contribution >= 4 is 17.5 Å². The van der Waals surface area contributed by atoms with Gasteiger partial charge < -0.3 is 9.64 Å². The normalized spacial score (nSPS) is 10.4. The first kappa shape index (κ1) is 17.3. The van der Waals surface area contributed by atoms with Crippen LogP contribution in [0.5, 0.6) is 5.75 Å². The monoisotopic (exact) mass is 332 g/mol. The highest BCUT2D eigenvalue weighted by Crippen LogP contribution is 2.23. The second-order valence-electron chi connectivity index (χ2n) is 5.21. The van der Waals surface area contributed by atoms with Gasteiger partial charge in [-0.05, 0) is 49.2 Å². The lowest BCUT2D eigenvalue weighted by Gasteiger charge is -2.21. The van der Waals surface area contributed by atoms with E-state index >= 15 is 0 Å². The molecule has 1 aromatic heterocycles. The number of pyridine rings is 1. The van der Waals surface area contributed by atoms with Gasteiger partial charge in [-0.15, -0.1) is 0 Å². The minimum atomic E-state index is 0.0714. The van der Waals surface area contributed by atoms with Crippen molar-refractivity contribution in [2.45, 2.75) is 19.8 Å². The van der Waals surface area contributed by atoms with Gasteiger partial charge in [-0.3, -0.25) is 9.78 Å². The van der Waals surface area contributed by atoms with Gasteiger partial charge >= 0.3 is 0 Å². The van der Waals surface area contributed by atoms with E-state index in [1.165, 1.54) is 5.56 Å². The average molecular weight is 333 g/mol. The van der Waals surface area contributed by atoms with Crippen molar-refractivity contribution in [2.75, 3.05) is 20.2 Å². The van der Waals surface area contributed by atoms with Crippen LogP contribution in [0, 0.1) is 0 Å². The number of amides is 1. The van der Waals surface area contributed by atoms with Crippen LogP contribution in [-0.4, -0.2) is 36.0 Å². The van der Waals surface area contributed by atoms with E-state index < -0.39 is 0 Å². The lowest BCUT2D eigenvalue weighted by molar-refractivity contribution is -0.130. The number of benzene rings is 1. The van der Waals surface area contributed by atoms with Gasteiger partial charge in [0.1, 0.15) is 5.75 Å². The Labute approximate surface area is 142 Å². The van der Waals surface area contributed by atoms with Crippen LogP contribution in [0.1, 0.15) is 18.1 Å². The van der Waals surface area contributed by atoms with E-state index in [9.17, 15) is 4.79 Å². The maximum Gasteiger partial charge on any atom is 0.227 e. The van der Waals surface area contributed by atoms with E-state index in [0.717, 1.165) is 12.0 Å². The summed E-state index contributed by atoms with van der Waals surface area (Å²) in [6.07, 6.45) is 4.64. The van der Waals surface area contributed by atoms with E-state index in [4.69, 9.17) is 16.3 Å². The number of methoxy groups -OCH3 is 1. The zero-order valence-corrected chi connectivity index (χ0v) is 14.2. The number of nitrogens with zero attached hydrogens (tertiary/aromatic N) is 2. The Morgan fingerprint density at radius 2 is 2.00 bits per heavy atom. The number of likely N-dealkylation sites (N-methyl/N-ethyl adjacent to an activating group) is 1. The molecule has 0 aliphatic heterocycles. The van der Waals surface area contributed by atoms with Crippen LogP contribution in [0.3, 0.4) is 0 Å². The topological polar surface area (TPSA) is 42.4 Å². The largest absolute Gasteiger partial charge is 0.496 e. The molecular formula is C18H21ClN2O2. The molecule has 0 aliphatic rings. The fourth-order valence-corrected chi connectivity index (χ4v) is 2.63. The summed E-state index contributed by atoms with van der Waals surface area (Å²) in [5.41, 5.74) is 1.99. The quantitative estimate of drug-likeness (QED) is 0.780. The molecule has 1 heterocycles. The molecule has 4 nitrogen and oxygen atoms in total. The Morgan fingerprint density at radius 1 is 1.26 bits per heavy atom. The molecule has 1 amide bonds. The van der Waals surface area contributed by atoms with Gasteiger partial charge in [-0.2, -0.15) is 0 Å². The highest BCUT2D eigenvalue weighted by molar-refractivity contribution is 6.30. The number of carbonyl (C=O) groups excluding carboxylic acids is 1. The van der Waals surface area contributed by atoms with Gasteiger partial charge in [0.2, 0.25) is 5.91 Å². The molecule has 0 atom stereocenters. The third-order valence-electron chi connectivity index (χ3n) is 3.74. The molecule has 0 aliphatic carbocycles. The summed E-state index contributed by atoms with van der Waals surface area (Å²) >= 11 is 6.03. The molecule has 0 saturated carbocycles. The van der Waals surface area contributed by atoms with Crippen LogP contribution < -0.4 is 4.74 Å². The van der Waals surface area contributed by atoms with Crippen molar-refractivity contribution < 1.29 is 9.53 Å². The Bertz CT molecular complexity index is 647. The first-order valence-corrected chi connectivity index (χ1v) is 8.01. The van der Waals surface area contributed by atoms with Crippen LogP contribution in [0.25, 0.3) is 0 Å². The zero-order valence-electron chi connectivity index (χ0n) is 13.5. The number of halogens is 1. The first-order valence-electron chi connectivity index (χ1n) is 7.63. The summed E-state index contributed by atoms with van der Waals surface area (Å²) < 4.78 is 5.31. The van der Waals surface area contributed by atoms with E-state index in [1.807, 2.05) is 24.0 Å². The van der Waals surface area contributed by atoms with Gasteiger partial charge in [0.05, 0.1) is 13.5 Å². The Morgan fingerprint density at radius 3 is 2.65 bits per heavy atom. The first-order chi connectivity index (χ1) is 11.1. The number of carbonyl (C=O) groups is 1. The summed E-state index contributed by atoms with van der Waals surface area (Å²) in [4.78, 5) is 18.4. The highest BCUT2D eigenvalue weighted by atomic mass is 35.5. The van der Waals surface area contributed by atoms with E-state index in [-0.39, 0.29) is 12.3 Å². The van der Waals surface area contributed by atoms with Crippen LogP contribution in [-0.2, 0) is 17.6 Å². The lowest BCUT2D eigenvalue weighted by Crippen LogP contribution is -2.34. The number of hydrogen-bond acceptors (Lipinski definition) is 3. The summed E-state index contributed by atoms with van der Waals surface area (Å²) in [5.74, 6) is 0.759. The maximum absolute atomic E-state index is 12.6. The Balaban J connectivity index is 2.01. The van der Waals surface area contributed by atoms with Crippen molar-refractivity contribution in [3.63, 3.8) is 0 Å². The van der Waals surface area contributed by atoms with Gasteiger partial charge in [-0.25, -0.2) is 0 Å². The van der Waals surface area contributed by atoms with Crippen molar-refractivity contribution in [2.24, 2.45) is 0 Å². The van der Waals surface area contributed by atoms with Crippen molar-refractivity contribution in [1.29, 1.82) is 0 Å². The van der Waals surface area contributed by atoms with E-state index in [2.05, 4.69) is 4.98 Å².